The van der Waals surface area contributed by atoms with Gasteiger partial charge in [-0.05, 0) is 36.9 Å². The summed E-state index contributed by atoms with van der Waals surface area (Å²) in [6.07, 6.45) is 0.275. The third-order valence-electron chi connectivity index (χ3n) is 3.77. The van der Waals surface area contributed by atoms with Crippen molar-refractivity contribution in [1.29, 1.82) is 0 Å². The van der Waals surface area contributed by atoms with E-state index >= 15 is 0 Å². The van der Waals surface area contributed by atoms with E-state index < -0.39 is 11.9 Å². The number of ether oxygens (including phenoxy) is 2. The fourth-order valence-electron chi connectivity index (χ4n) is 2.30. The number of nitrogens with one attached hydrogen (secondary N) is 1. The normalized spacial score (nSPS) is 11.7. The molecule has 2 aromatic rings. The van der Waals surface area contributed by atoms with Crippen molar-refractivity contribution >= 4 is 17.7 Å². The average Bonchev–Trinajstić information content (AvgIpc) is 2.62. The minimum absolute atomic E-state index is 0.0375. The number of halogens is 2. The average molecular weight is 381 g/mol. The molecule has 0 heterocycles. The van der Waals surface area contributed by atoms with Gasteiger partial charge in [-0.25, -0.2) is 9.18 Å². The Kier molecular flexibility index (Phi) is 7.24. The van der Waals surface area contributed by atoms with E-state index in [9.17, 15) is 9.18 Å². The van der Waals surface area contributed by atoms with Crippen LogP contribution < -0.4 is 14.8 Å². The Bertz CT molecular complexity index is 738. The molecule has 0 spiro atoms. The number of hydrogen-bond acceptors (Lipinski definition) is 4. The maximum absolute atomic E-state index is 13.1. The van der Waals surface area contributed by atoms with E-state index in [1.807, 2.05) is 19.2 Å². The van der Waals surface area contributed by atoms with Crippen LogP contribution in [0, 0.1) is 5.82 Å². The highest BCUT2D eigenvalue weighted by Gasteiger charge is 2.12. The van der Waals surface area contributed by atoms with Gasteiger partial charge >= 0.3 is 6.09 Å². The molecule has 2 rings (SSSR count). The quantitative estimate of drug-likeness (QED) is 0.779. The van der Waals surface area contributed by atoms with Gasteiger partial charge in [-0.2, -0.15) is 0 Å². The summed E-state index contributed by atoms with van der Waals surface area (Å²) in [5.74, 6) is 0.541. The molecule has 0 bridgehead atoms. The molecule has 0 saturated carbocycles. The zero-order valence-electron chi connectivity index (χ0n) is 15.0. The Morgan fingerprint density at radius 2 is 1.85 bits per heavy atom. The number of rotatable bonds is 7. The molecule has 2 aromatic carbocycles. The molecule has 1 unspecified atom stereocenters. The van der Waals surface area contributed by atoms with E-state index in [-0.39, 0.29) is 11.1 Å². The van der Waals surface area contributed by atoms with Gasteiger partial charge in [0.25, 0.3) is 0 Å². The van der Waals surface area contributed by atoms with Crippen molar-refractivity contribution in [2.45, 2.75) is 12.5 Å². The van der Waals surface area contributed by atoms with Gasteiger partial charge in [0, 0.05) is 32.6 Å². The minimum atomic E-state index is -0.470. The number of benzene rings is 2. The smallest absolute Gasteiger partial charge is 0.414 e. The largest absolute Gasteiger partial charge is 0.493 e. The van der Waals surface area contributed by atoms with Crippen molar-refractivity contribution in [1.82, 2.24) is 10.2 Å². The molecule has 0 radical (unpaired) electrons. The van der Waals surface area contributed by atoms with Gasteiger partial charge in [-0.15, -0.1) is 0 Å². The van der Waals surface area contributed by atoms with Crippen LogP contribution >= 0.6 is 11.6 Å². The summed E-state index contributed by atoms with van der Waals surface area (Å²) in [4.78, 5) is 12.9. The molecule has 1 atom stereocenters. The van der Waals surface area contributed by atoms with Crippen molar-refractivity contribution in [3.8, 4) is 11.5 Å². The van der Waals surface area contributed by atoms with Crippen LogP contribution in [0.1, 0.15) is 18.0 Å². The highest BCUT2D eigenvalue weighted by Crippen LogP contribution is 2.23. The molecule has 140 valence electrons. The summed E-state index contributed by atoms with van der Waals surface area (Å²) >= 11 is 5.74. The molecule has 1 amide bonds. The zero-order valence-corrected chi connectivity index (χ0v) is 15.7. The molecular weight excluding hydrogens is 359 g/mol. The second-order valence-corrected chi connectivity index (χ2v) is 6.29. The Balaban J connectivity index is 1.91. The van der Waals surface area contributed by atoms with E-state index in [1.54, 1.807) is 32.3 Å². The van der Waals surface area contributed by atoms with E-state index in [0.717, 1.165) is 5.56 Å². The number of carbonyl (C=O) groups is 1. The highest BCUT2D eigenvalue weighted by atomic mass is 35.5. The SMILES string of the molecule is CNC(CCOc1ccc(F)c(Cl)c1)c1ccc(OC(=O)N(C)C)cc1. The molecule has 0 aliphatic heterocycles. The fraction of sp³-hybridized carbons (Fsp3) is 0.316. The molecule has 0 aliphatic carbocycles. The first-order valence-corrected chi connectivity index (χ1v) is 8.52. The third kappa shape index (κ3) is 5.61. The molecule has 0 aliphatic rings. The van der Waals surface area contributed by atoms with Gasteiger partial charge in [0.2, 0.25) is 0 Å². The number of nitrogens with zero attached hydrogens (tertiary/aromatic N) is 1. The molecule has 0 aromatic heterocycles. The lowest BCUT2D eigenvalue weighted by molar-refractivity contribution is 0.172. The molecule has 7 heteroatoms. The van der Waals surface area contributed by atoms with Crippen molar-refractivity contribution in [2.24, 2.45) is 0 Å². The number of carbonyl (C=O) groups excluding carboxylic acids is 1. The molecule has 0 fully saturated rings. The zero-order chi connectivity index (χ0) is 19.1. The Morgan fingerprint density at radius 3 is 2.42 bits per heavy atom. The lowest BCUT2D eigenvalue weighted by Gasteiger charge is -2.18. The third-order valence-corrected chi connectivity index (χ3v) is 4.06. The van der Waals surface area contributed by atoms with Crippen molar-refractivity contribution in [2.75, 3.05) is 27.7 Å². The number of hydrogen-bond donors (Lipinski definition) is 1. The van der Waals surface area contributed by atoms with Gasteiger partial charge in [-0.1, -0.05) is 23.7 Å². The Labute approximate surface area is 157 Å². The van der Waals surface area contributed by atoms with E-state index in [1.165, 1.54) is 17.0 Å². The summed E-state index contributed by atoms with van der Waals surface area (Å²) in [7, 11) is 5.11. The van der Waals surface area contributed by atoms with E-state index in [4.69, 9.17) is 21.1 Å². The van der Waals surface area contributed by atoms with Gasteiger partial charge < -0.3 is 19.7 Å². The van der Waals surface area contributed by atoms with Crippen molar-refractivity contribution < 1.29 is 18.7 Å². The van der Waals surface area contributed by atoms with Crippen LogP contribution in [0.4, 0.5) is 9.18 Å². The Morgan fingerprint density at radius 1 is 1.19 bits per heavy atom. The van der Waals surface area contributed by atoms with E-state index in [0.29, 0.717) is 24.5 Å². The standard InChI is InChI=1S/C19H22ClFN2O3/c1-22-18(10-11-25-15-8-9-17(21)16(20)12-15)13-4-6-14(7-5-13)26-19(24)23(2)3/h4-9,12,18,22H,10-11H2,1-3H3. The summed E-state index contributed by atoms with van der Waals surface area (Å²) in [6.45, 7) is 0.435. The summed E-state index contributed by atoms with van der Waals surface area (Å²) in [5, 5.41) is 3.26. The van der Waals surface area contributed by atoms with Gasteiger partial charge in [-0.3, -0.25) is 0 Å². The molecular formula is C19H22ClFN2O3. The van der Waals surface area contributed by atoms with Crippen LogP contribution in [0.15, 0.2) is 42.5 Å². The second-order valence-electron chi connectivity index (χ2n) is 5.89. The Hall–Kier alpha value is -2.31. The van der Waals surface area contributed by atoms with Crippen LogP contribution in [0.5, 0.6) is 11.5 Å². The molecule has 26 heavy (non-hydrogen) atoms. The lowest BCUT2D eigenvalue weighted by atomic mass is 10.0. The van der Waals surface area contributed by atoms with E-state index in [2.05, 4.69) is 5.32 Å². The van der Waals surface area contributed by atoms with Crippen molar-refractivity contribution in [3.63, 3.8) is 0 Å². The first-order chi connectivity index (χ1) is 12.4. The summed E-state index contributed by atoms with van der Waals surface area (Å²) < 4.78 is 24.0. The molecule has 1 N–H and O–H groups in total. The van der Waals surface area contributed by atoms with Crippen LogP contribution in [-0.2, 0) is 0 Å². The van der Waals surface area contributed by atoms with Crippen LogP contribution in [-0.4, -0.2) is 38.7 Å². The maximum atomic E-state index is 13.1. The van der Waals surface area contributed by atoms with Gasteiger partial charge in [0.05, 0.1) is 11.6 Å². The fourth-order valence-corrected chi connectivity index (χ4v) is 2.47. The molecule has 5 nitrogen and oxygen atoms in total. The van der Waals surface area contributed by atoms with Gasteiger partial charge in [0.15, 0.2) is 0 Å². The second kappa shape index (κ2) is 9.40. The topological polar surface area (TPSA) is 50.8 Å². The monoisotopic (exact) mass is 380 g/mol. The van der Waals surface area contributed by atoms with Crippen LogP contribution in [0.25, 0.3) is 0 Å². The predicted molar refractivity (Wildman–Crippen MR) is 99.5 cm³/mol. The summed E-state index contributed by atoms with van der Waals surface area (Å²) in [5.41, 5.74) is 1.04. The lowest BCUT2D eigenvalue weighted by Crippen LogP contribution is -2.25. The summed E-state index contributed by atoms with van der Waals surface area (Å²) in [6, 6.07) is 11.6. The minimum Gasteiger partial charge on any atom is -0.493 e. The van der Waals surface area contributed by atoms with Crippen LogP contribution in [0.3, 0.4) is 0 Å². The number of amides is 1. The first kappa shape index (κ1) is 20.0. The maximum Gasteiger partial charge on any atom is 0.414 e. The van der Waals surface area contributed by atoms with Crippen molar-refractivity contribution in [3.05, 3.63) is 58.9 Å². The van der Waals surface area contributed by atoms with Crippen LogP contribution in [0.2, 0.25) is 5.02 Å². The van der Waals surface area contributed by atoms with Gasteiger partial charge in [0.1, 0.15) is 17.3 Å². The molecule has 0 saturated heterocycles. The first-order valence-electron chi connectivity index (χ1n) is 8.15. The highest BCUT2D eigenvalue weighted by molar-refractivity contribution is 6.30. The predicted octanol–water partition coefficient (Wildman–Crippen LogP) is 4.27.